The van der Waals surface area contributed by atoms with Gasteiger partial charge in [-0.15, -0.1) is 31.2 Å². The molecular weight excluding hydrogens is 215 g/mol. The Morgan fingerprint density at radius 1 is 1.27 bits per heavy atom. The third kappa shape index (κ3) is 24.9. The minimum atomic E-state index is 0. The molecule has 0 aromatic carbocycles. The predicted molar refractivity (Wildman–Crippen MR) is 53.5 cm³/mol. The Hall–Kier alpha value is 0.774. The fourth-order valence-corrected chi connectivity index (χ4v) is 0.340. The molecule has 1 aliphatic carbocycles. The van der Waals surface area contributed by atoms with E-state index in [2.05, 4.69) is 19.1 Å². The fraction of sp³-hybridized carbons (Fsp3) is 0.250. The Bertz CT molecular complexity index is 70.2. The summed E-state index contributed by atoms with van der Waals surface area (Å²) in [5, 5.41) is 0. The molecule has 3 heteroatoms. The van der Waals surface area contributed by atoms with Gasteiger partial charge in [-0.3, -0.25) is 6.08 Å². The molecule has 65 valence electrons. The third-order valence-electron chi connectivity index (χ3n) is 0.586. The third-order valence-corrected chi connectivity index (χ3v) is 0.586. The van der Waals surface area contributed by atoms with E-state index in [0.717, 1.165) is 6.42 Å². The van der Waals surface area contributed by atoms with Crippen LogP contribution in [0.3, 0.4) is 0 Å². The Morgan fingerprint density at radius 3 is 1.82 bits per heavy atom. The second-order valence-corrected chi connectivity index (χ2v) is 1.00. The molecule has 0 saturated heterocycles. The number of halogens is 2. The average molecular weight is 230 g/mol. The Balaban J connectivity index is -0.0000000189. The van der Waals surface area contributed by atoms with Crippen LogP contribution in [-0.4, -0.2) is 0 Å². The van der Waals surface area contributed by atoms with E-state index in [1.165, 1.54) is 0 Å². The van der Waals surface area contributed by atoms with Crippen molar-refractivity contribution in [1.82, 2.24) is 0 Å². The second kappa shape index (κ2) is 30.9. The van der Waals surface area contributed by atoms with Crippen molar-refractivity contribution in [2.24, 2.45) is 0 Å². The molecule has 0 aliphatic heterocycles. The Kier molecular flexibility index (Phi) is 83.6. The summed E-state index contributed by atoms with van der Waals surface area (Å²) in [7, 11) is 0. The zero-order valence-corrected chi connectivity index (χ0v) is 10.2. The first-order valence-electron chi connectivity index (χ1n) is 2.42. The van der Waals surface area contributed by atoms with E-state index in [0.29, 0.717) is 0 Å². The SMILES string of the molecule is Cl.Cl.[C-]1=CC=CC1.[CH2-]C.[CH3-].[Ti+3]. The number of rotatable bonds is 0. The number of hydrogen-bond donors (Lipinski definition) is 0. The average Bonchev–Trinajstić information content (AvgIpc) is 2.23. The molecule has 0 unspecified atom stereocenters. The van der Waals surface area contributed by atoms with Gasteiger partial charge in [-0.25, -0.2) is 12.2 Å². The zero-order chi connectivity index (χ0) is 5.54. The van der Waals surface area contributed by atoms with Crippen molar-refractivity contribution in [3.05, 3.63) is 38.7 Å². The summed E-state index contributed by atoms with van der Waals surface area (Å²) >= 11 is 0. The van der Waals surface area contributed by atoms with Crippen molar-refractivity contribution in [3.8, 4) is 0 Å². The van der Waals surface area contributed by atoms with Crippen LogP contribution in [0.25, 0.3) is 0 Å². The van der Waals surface area contributed by atoms with Gasteiger partial charge in [0.1, 0.15) is 0 Å². The molecule has 0 amide bonds. The summed E-state index contributed by atoms with van der Waals surface area (Å²) in [6.07, 6.45) is 10.0. The first-order chi connectivity index (χ1) is 3.50. The summed E-state index contributed by atoms with van der Waals surface area (Å²) < 4.78 is 0. The van der Waals surface area contributed by atoms with E-state index < -0.39 is 0 Å². The first-order valence-corrected chi connectivity index (χ1v) is 2.42. The molecule has 0 aromatic rings. The smallest absolute Gasteiger partial charge is 0.358 e. The Morgan fingerprint density at radius 2 is 1.73 bits per heavy atom. The van der Waals surface area contributed by atoms with Crippen LogP contribution in [0.4, 0.5) is 0 Å². The molecule has 0 bridgehead atoms. The number of allylic oxidation sites excluding steroid dienone is 4. The summed E-state index contributed by atoms with van der Waals surface area (Å²) in [6, 6.07) is 0. The predicted octanol–water partition coefficient (Wildman–Crippen LogP) is 3.44. The second-order valence-electron chi connectivity index (χ2n) is 1.00. The molecule has 1 radical (unpaired) electrons. The van der Waals surface area contributed by atoms with Crippen LogP contribution < -0.4 is 0 Å². The quantitative estimate of drug-likeness (QED) is 0.441. The molecule has 0 spiro atoms. The van der Waals surface area contributed by atoms with E-state index in [9.17, 15) is 0 Å². The molecular formula is C8H15Cl2Ti. The van der Waals surface area contributed by atoms with E-state index in [1.807, 2.05) is 12.2 Å². The molecule has 1 rings (SSSR count). The largest absolute Gasteiger partial charge is 3.00 e. The van der Waals surface area contributed by atoms with Crippen LogP contribution in [0, 0.1) is 20.4 Å². The van der Waals surface area contributed by atoms with Gasteiger partial charge < -0.3 is 14.4 Å². The van der Waals surface area contributed by atoms with Crippen LogP contribution in [-0.2, 0) is 21.7 Å². The maximum absolute atomic E-state index is 3.25. The molecule has 0 heterocycles. The molecule has 0 saturated carbocycles. The Labute approximate surface area is 98.2 Å². The van der Waals surface area contributed by atoms with Gasteiger partial charge >= 0.3 is 21.7 Å². The number of hydrogen-bond acceptors (Lipinski definition) is 0. The van der Waals surface area contributed by atoms with Crippen molar-refractivity contribution in [2.45, 2.75) is 13.3 Å². The van der Waals surface area contributed by atoms with Gasteiger partial charge in [0.2, 0.25) is 0 Å². The topological polar surface area (TPSA) is 0 Å². The normalized spacial score (nSPS) is 8.55. The first kappa shape index (κ1) is 29.8. The summed E-state index contributed by atoms with van der Waals surface area (Å²) in [6.45, 7) is 5.00. The molecule has 0 nitrogen and oxygen atoms in total. The van der Waals surface area contributed by atoms with Gasteiger partial charge in [0.15, 0.2) is 0 Å². The molecule has 0 N–H and O–H groups in total. The van der Waals surface area contributed by atoms with Gasteiger partial charge in [0.05, 0.1) is 0 Å². The van der Waals surface area contributed by atoms with Gasteiger partial charge in [0, 0.05) is 0 Å². The minimum absolute atomic E-state index is 0. The van der Waals surface area contributed by atoms with Crippen LogP contribution in [0.15, 0.2) is 18.2 Å². The maximum atomic E-state index is 3.25. The van der Waals surface area contributed by atoms with E-state index >= 15 is 0 Å². The fourth-order valence-electron chi connectivity index (χ4n) is 0.340. The van der Waals surface area contributed by atoms with Crippen LogP contribution in [0.2, 0.25) is 0 Å². The van der Waals surface area contributed by atoms with Crippen LogP contribution in [0.1, 0.15) is 13.3 Å². The van der Waals surface area contributed by atoms with Gasteiger partial charge in [-0.05, 0) is 0 Å². The monoisotopic (exact) mass is 229 g/mol. The van der Waals surface area contributed by atoms with Gasteiger partial charge in [-0.2, -0.15) is 13.0 Å². The van der Waals surface area contributed by atoms with Gasteiger partial charge in [-0.1, -0.05) is 0 Å². The molecule has 11 heavy (non-hydrogen) atoms. The van der Waals surface area contributed by atoms with Crippen molar-refractivity contribution in [1.29, 1.82) is 0 Å². The van der Waals surface area contributed by atoms with Crippen LogP contribution in [0.5, 0.6) is 0 Å². The van der Waals surface area contributed by atoms with Crippen molar-refractivity contribution < 1.29 is 21.7 Å². The minimum Gasteiger partial charge on any atom is -0.358 e. The van der Waals surface area contributed by atoms with Crippen molar-refractivity contribution >= 4 is 24.8 Å². The van der Waals surface area contributed by atoms with E-state index in [-0.39, 0.29) is 54.0 Å². The summed E-state index contributed by atoms with van der Waals surface area (Å²) in [5.74, 6) is 0. The molecule has 0 fully saturated rings. The van der Waals surface area contributed by atoms with E-state index in [4.69, 9.17) is 0 Å². The molecule has 0 atom stereocenters. The van der Waals surface area contributed by atoms with Crippen LogP contribution >= 0.6 is 24.8 Å². The van der Waals surface area contributed by atoms with Crippen molar-refractivity contribution in [2.75, 3.05) is 0 Å². The maximum Gasteiger partial charge on any atom is 3.00 e. The zero-order valence-electron chi connectivity index (χ0n) is 6.96. The molecule has 1 aliphatic rings. The van der Waals surface area contributed by atoms with E-state index in [1.54, 1.807) is 6.92 Å². The molecule has 0 aromatic heterocycles. The van der Waals surface area contributed by atoms with Crippen molar-refractivity contribution in [3.63, 3.8) is 0 Å². The standard InChI is InChI=1S/C5H5.C2H5.CH3.2ClH.Ti/c1-2-4-5-3-1;1-2;;;;/h1-3H,4H2;1H2,2H3;1H3;2*1H;/q3*-1;;;+3. The summed E-state index contributed by atoms with van der Waals surface area (Å²) in [5.41, 5.74) is 0. The van der Waals surface area contributed by atoms with Gasteiger partial charge in [0.25, 0.3) is 0 Å². The summed E-state index contributed by atoms with van der Waals surface area (Å²) in [4.78, 5) is 0.